The van der Waals surface area contributed by atoms with Gasteiger partial charge in [0.05, 0.1) is 25.2 Å². The first-order valence-electron chi connectivity index (χ1n) is 19.9. The first kappa shape index (κ1) is 43.1. The van der Waals surface area contributed by atoms with Crippen LogP contribution >= 0.6 is 0 Å². The fourth-order valence-electron chi connectivity index (χ4n) is 6.41. The number of hydrogen-bond acceptors (Lipinski definition) is 7. The van der Waals surface area contributed by atoms with Gasteiger partial charge in [-0.05, 0) is 70.6 Å². The molecule has 1 heterocycles. The van der Waals surface area contributed by atoms with E-state index in [0.717, 1.165) is 86.8 Å². The predicted octanol–water partition coefficient (Wildman–Crippen LogP) is 9.93. The predicted molar refractivity (Wildman–Crippen MR) is 200 cm³/mol. The van der Waals surface area contributed by atoms with Crippen LogP contribution in [-0.2, 0) is 25.4 Å². The number of ether oxygens (including phenoxy) is 6. The van der Waals surface area contributed by atoms with Crippen molar-refractivity contribution in [2.75, 3.05) is 39.6 Å². The summed E-state index contributed by atoms with van der Waals surface area (Å²) in [5.41, 5.74) is 2.65. The quantitative estimate of drug-likeness (QED) is 0.0896. The van der Waals surface area contributed by atoms with E-state index in [2.05, 4.69) is 34.6 Å². The molecule has 2 aromatic rings. The van der Waals surface area contributed by atoms with E-state index in [1.165, 1.54) is 0 Å². The maximum atomic E-state index is 17.3. The molecule has 51 heavy (non-hydrogen) atoms. The highest BCUT2D eigenvalue weighted by atomic mass is 19.3. The van der Waals surface area contributed by atoms with Crippen molar-refractivity contribution in [3.63, 3.8) is 0 Å². The second-order valence-corrected chi connectivity index (χ2v) is 14.2. The minimum absolute atomic E-state index is 0.0000876. The summed E-state index contributed by atoms with van der Waals surface area (Å²) in [6.45, 7) is 18.4. The maximum Gasteiger partial charge on any atom is 0.294 e. The number of benzene rings is 1. The third kappa shape index (κ3) is 12.4. The zero-order chi connectivity index (χ0) is 37.2. The van der Waals surface area contributed by atoms with E-state index >= 15 is 8.78 Å². The molecule has 10 heteroatoms. The van der Waals surface area contributed by atoms with Crippen LogP contribution in [0.1, 0.15) is 136 Å². The molecule has 0 bridgehead atoms. The summed E-state index contributed by atoms with van der Waals surface area (Å²) >= 11 is 0. The lowest BCUT2D eigenvalue weighted by Gasteiger charge is -2.49. The number of unbranched alkanes of at least 4 members (excludes halogenated alkanes) is 5. The van der Waals surface area contributed by atoms with Crippen LogP contribution in [0.2, 0.25) is 0 Å². The van der Waals surface area contributed by atoms with Crippen LogP contribution in [0.15, 0.2) is 24.3 Å². The highest BCUT2D eigenvalue weighted by Crippen LogP contribution is 2.45. The lowest BCUT2D eigenvalue weighted by Crippen LogP contribution is -2.69. The van der Waals surface area contributed by atoms with Gasteiger partial charge >= 0.3 is 0 Å². The zero-order valence-corrected chi connectivity index (χ0v) is 32.9. The summed E-state index contributed by atoms with van der Waals surface area (Å²) in [4.78, 5) is 0. The Balaban J connectivity index is 2.08. The summed E-state index contributed by atoms with van der Waals surface area (Å²) < 4.78 is 74.2. The van der Waals surface area contributed by atoms with Crippen LogP contribution < -0.4 is 9.47 Å². The van der Waals surface area contributed by atoms with Gasteiger partial charge in [-0.15, -0.1) is 5.10 Å². The van der Waals surface area contributed by atoms with Gasteiger partial charge in [0.2, 0.25) is 5.88 Å². The third-order valence-corrected chi connectivity index (χ3v) is 9.62. The summed E-state index contributed by atoms with van der Waals surface area (Å²) in [5.74, 6) is -3.67. The Hall–Kier alpha value is -2.27. The number of hydrogen-bond donors (Lipinski definition) is 0. The molecule has 0 amide bonds. The Labute approximate surface area is 307 Å². The van der Waals surface area contributed by atoms with Gasteiger partial charge in [0, 0.05) is 50.1 Å². The maximum absolute atomic E-state index is 17.3. The van der Waals surface area contributed by atoms with Crippen LogP contribution in [0.3, 0.4) is 0 Å². The van der Waals surface area contributed by atoms with Gasteiger partial charge < -0.3 is 28.4 Å². The summed E-state index contributed by atoms with van der Waals surface area (Å²) in [6, 6.07) is 7.95. The van der Waals surface area contributed by atoms with Crippen molar-refractivity contribution in [1.29, 1.82) is 0 Å². The smallest absolute Gasteiger partial charge is 0.294 e. The zero-order valence-electron chi connectivity index (χ0n) is 32.9. The molecule has 1 aromatic carbocycles. The Morgan fingerprint density at radius 1 is 0.725 bits per heavy atom. The summed E-state index contributed by atoms with van der Waals surface area (Å²) in [6.07, 6.45) is 4.72. The van der Waals surface area contributed by atoms with Crippen LogP contribution in [0.25, 0.3) is 0 Å². The van der Waals surface area contributed by atoms with Gasteiger partial charge in [0.15, 0.2) is 6.10 Å². The number of rotatable bonds is 26. The van der Waals surface area contributed by atoms with Crippen LogP contribution in [0, 0.1) is 12.8 Å². The second kappa shape index (κ2) is 22.7. The van der Waals surface area contributed by atoms with E-state index in [4.69, 9.17) is 33.5 Å². The SMILES string of the molecule is CCCCOC[C@@H]1[C@@H](OCCCC)[C@H](OCCCC)[C@@H](OCCCC)[C@H](Oc2nn(C(C)C)c(C)c2Cc2ccc(OCCCC)cc2)C1(F)F. The molecule has 0 aliphatic heterocycles. The van der Waals surface area contributed by atoms with Crippen molar-refractivity contribution in [2.45, 2.75) is 162 Å². The molecular weight excluding hydrogens is 654 g/mol. The standard InChI is InChI=1S/C41H68F2N2O6/c1-9-14-23-46-29-35-36(48-25-16-11-3)37(49-26-17-12-4)38(50-27-18-13-5)39(41(35,42)43)51-40-34(31(8)45(44-40)30(6)7)28-32-19-21-33(22-20-32)47-24-15-10-2/h19-22,30,35-39H,9-18,23-29H2,1-8H3/t35-,36-,37+,38-,39+/m1/s1. The molecule has 0 spiro atoms. The van der Waals surface area contributed by atoms with Crippen molar-refractivity contribution in [3.8, 4) is 11.6 Å². The van der Waals surface area contributed by atoms with Crippen molar-refractivity contribution >= 4 is 0 Å². The van der Waals surface area contributed by atoms with E-state index in [-0.39, 0.29) is 18.5 Å². The molecule has 0 radical (unpaired) electrons. The fraction of sp³-hybridized carbons (Fsp3) is 0.780. The molecule has 0 unspecified atom stereocenters. The number of aromatic nitrogens is 2. The average molecular weight is 723 g/mol. The molecule has 1 saturated carbocycles. The fourth-order valence-corrected chi connectivity index (χ4v) is 6.41. The Morgan fingerprint density at radius 2 is 1.25 bits per heavy atom. The van der Waals surface area contributed by atoms with Crippen LogP contribution in [0.5, 0.6) is 11.6 Å². The van der Waals surface area contributed by atoms with Crippen LogP contribution in [-0.4, -0.2) is 79.8 Å². The van der Waals surface area contributed by atoms with Crippen LogP contribution in [0.4, 0.5) is 8.78 Å². The van der Waals surface area contributed by atoms with Crippen molar-refractivity contribution in [3.05, 3.63) is 41.1 Å². The lowest BCUT2D eigenvalue weighted by atomic mass is 9.77. The first-order valence-corrected chi connectivity index (χ1v) is 19.9. The van der Waals surface area contributed by atoms with Crippen molar-refractivity contribution in [1.82, 2.24) is 9.78 Å². The molecule has 292 valence electrons. The second-order valence-electron chi connectivity index (χ2n) is 14.2. The Bertz CT molecular complexity index is 1220. The van der Waals surface area contributed by atoms with E-state index in [1.807, 2.05) is 49.7 Å². The summed E-state index contributed by atoms with van der Waals surface area (Å²) in [5, 5.41) is 4.83. The van der Waals surface area contributed by atoms with Gasteiger partial charge in [-0.25, -0.2) is 8.78 Å². The molecule has 5 atom stereocenters. The van der Waals surface area contributed by atoms with E-state index in [1.54, 1.807) is 0 Å². The van der Waals surface area contributed by atoms with E-state index in [9.17, 15) is 0 Å². The molecule has 8 nitrogen and oxygen atoms in total. The van der Waals surface area contributed by atoms with Gasteiger partial charge in [-0.3, -0.25) is 4.68 Å². The Kier molecular flexibility index (Phi) is 19.2. The first-order chi connectivity index (χ1) is 24.6. The monoisotopic (exact) mass is 723 g/mol. The van der Waals surface area contributed by atoms with Gasteiger partial charge in [0.25, 0.3) is 5.92 Å². The molecule has 1 aliphatic rings. The largest absolute Gasteiger partial charge is 0.494 e. The minimum atomic E-state index is -3.38. The summed E-state index contributed by atoms with van der Waals surface area (Å²) in [7, 11) is 0. The molecule has 1 aromatic heterocycles. The Morgan fingerprint density at radius 3 is 1.82 bits per heavy atom. The highest BCUT2D eigenvalue weighted by Gasteiger charge is 2.65. The van der Waals surface area contributed by atoms with Gasteiger partial charge in [-0.1, -0.05) is 78.9 Å². The molecule has 1 aliphatic carbocycles. The van der Waals surface area contributed by atoms with E-state index < -0.39 is 36.3 Å². The molecule has 1 fully saturated rings. The topological polar surface area (TPSA) is 73.2 Å². The highest BCUT2D eigenvalue weighted by molar-refractivity contribution is 5.38. The molecule has 0 saturated heterocycles. The molecular formula is C41H68F2N2O6. The van der Waals surface area contributed by atoms with Gasteiger partial charge in [-0.2, -0.15) is 0 Å². The minimum Gasteiger partial charge on any atom is -0.494 e. The van der Waals surface area contributed by atoms with Gasteiger partial charge in [0.1, 0.15) is 18.0 Å². The van der Waals surface area contributed by atoms with Crippen molar-refractivity contribution in [2.24, 2.45) is 5.92 Å². The molecule has 0 N–H and O–H groups in total. The van der Waals surface area contributed by atoms with E-state index in [0.29, 0.717) is 39.5 Å². The number of nitrogens with zero attached hydrogens (tertiary/aromatic N) is 2. The van der Waals surface area contributed by atoms with Crippen molar-refractivity contribution < 1.29 is 37.2 Å². The lowest BCUT2D eigenvalue weighted by molar-refractivity contribution is -0.293. The number of halogens is 2. The third-order valence-electron chi connectivity index (χ3n) is 9.62. The normalized spacial score (nSPS) is 21.7. The average Bonchev–Trinajstić information content (AvgIpc) is 3.42. The number of alkyl halides is 2. The molecule has 3 rings (SSSR count).